The molecule has 0 aliphatic heterocycles. The lowest BCUT2D eigenvalue weighted by molar-refractivity contribution is -0.142. The minimum Gasteiger partial charge on any atom is -0.480 e. The van der Waals surface area contributed by atoms with Gasteiger partial charge in [0.25, 0.3) is 0 Å². The number of halogens is 1. The number of benzene rings is 1. The fraction of sp³-hybridized carbons (Fsp3) is 0.154. The summed E-state index contributed by atoms with van der Waals surface area (Å²) in [5.74, 6) is -2.72. The first-order valence-electron chi connectivity index (χ1n) is 5.63. The fourth-order valence-electron chi connectivity index (χ4n) is 1.37. The van der Waals surface area contributed by atoms with Gasteiger partial charge in [-0.15, -0.1) is 0 Å². The summed E-state index contributed by atoms with van der Waals surface area (Å²) in [4.78, 5) is 33.1. The van der Waals surface area contributed by atoms with E-state index in [0.717, 1.165) is 10.0 Å². The average molecular weight is 341 g/mol. The molecule has 7 heteroatoms. The van der Waals surface area contributed by atoms with Gasteiger partial charge in [-0.1, -0.05) is 28.1 Å². The van der Waals surface area contributed by atoms with Crippen LogP contribution in [-0.4, -0.2) is 28.9 Å². The van der Waals surface area contributed by atoms with Crippen LogP contribution in [0.3, 0.4) is 0 Å². The minimum atomic E-state index is -1.32. The molecule has 0 aliphatic carbocycles. The molecule has 0 fully saturated rings. The van der Waals surface area contributed by atoms with Crippen LogP contribution in [-0.2, 0) is 14.4 Å². The Morgan fingerprint density at radius 2 is 1.90 bits per heavy atom. The van der Waals surface area contributed by atoms with Crippen molar-refractivity contribution in [2.75, 3.05) is 0 Å². The molecule has 1 aromatic rings. The number of nitrogens with one attached hydrogen (secondary N) is 1. The number of hydrogen-bond acceptors (Lipinski definition) is 3. The summed E-state index contributed by atoms with van der Waals surface area (Å²) in [7, 11) is 0. The molecule has 1 atom stereocenters. The number of nitrogens with two attached hydrogens (primary N) is 1. The maximum atomic E-state index is 11.6. The predicted molar refractivity (Wildman–Crippen MR) is 76.6 cm³/mol. The molecule has 20 heavy (non-hydrogen) atoms. The van der Waals surface area contributed by atoms with Crippen LogP contribution in [0.15, 0.2) is 34.8 Å². The minimum absolute atomic E-state index is 0.451. The molecular weight excluding hydrogens is 328 g/mol. The van der Waals surface area contributed by atoms with Crippen LogP contribution < -0.4 is 11.1 Å². The molecule has 0 aliphatic rings. The van der Waals surface area contributed by atoms with Crippen molar-refractivity contribution in [3.05, 3.63) is 40.4 Å². The molecule has 0 bridgehead atoms. The Labute approximate surface area is 123 Å². The molecule has 106 valence electrons. The van der Waals surface area contributed by atoms with Gasteiger partial charge >= 0.3 is 5.97 Å². The number of carboxylic acids is 1. The van der Waals surface area contributed by atoms with Crippen LogP contribution in [0.4, 0.5) is 0 Å². The Hall–Kier alpha value is -2.15. The molecule has 0 spiro atoms. The van der Waals surface area contributed by atoms with Gasteiger partial charge in [0.05, 0.1) is 6.42 Å². The van der Waals surface area contributed by atoms with Crippen LogP contribution in [0.1, 0.15) is 12.0 Å². The van der Waals surface area contributed by atoms with E-state index < -0.39 is 30.2 Å². The van der Waals surface area contributed by atoms with Gasteiger partial charge in [0.15, 0.2) is 0 Å². The monoisotopic (exact) mass is 340 g/mol. The second kappa shape index (κ2) is 7.44. The number of carboxylic acid groups (broad SMARTS) is 1. The Kier molecular flexibility index (Phi) is 5.92. The van der Waals surface area contributed by atoms with Gasteiger partial charge in [-0.3, -0.25) is 9.59 Å². The van der Waals surface area contributed by atoms with Crippen LogP contribution in [0.5, 0.6) is 0 Å². The van der Waals surface area contributed by atoms with Crippen molar-refractivity contribution in [2.24, 2.45) is 5.73 Å². The zero-order chi connectivity index (χ0) is 15.1. The largest absolute Gasteiger partial charge is 0.480 e. The van der Waals surface area contributed by atoms with Gasteiger partial charge in [-0.2, -0.15) is 0 Å². The zero-order valence-corrected chi connectivity index (χ0v) is 12.0. The molecule has 6 nitrogen and oxygen atoms in total. The summed E-state index contributed by atoms with van der Waals surface area (Å²) in [6, 6.07) is 5.86. The molecule has 0 radical (unpaired) electrons. The van der Waals surface area contributed by atoms with E-state index in [2.05, 4.69) is 21.2 Å². The van der Waals surface area contributed by atoms with Crippen molar-refractivity contribution in [1.29, 1.82) is 0 Å². The van der Waals surface area contributed by atoms with Gasteiger partial charge in [-0.25, -0.2) is 4.79 Å². The SMILES string of the molecule is NC(=O)CC(NC(=O)/C=C/c1ccc(Br)cc1)C(=O)O. The highest BCUT2D eigenvalue weighted by atomic mass is 79.9. The molecule has 0 heterocycles. The maximum Gasteiger partial charge on any atom is 0.326 e. The summed E-state index contributed by atoms with van der Waals surface area (Å²) in [6.07, 6.45) is 2.28. The van der Waals surface area contributed by atoms with Gasteiger partial charge in [0, 0.05) is 10.5 Å². The predicted octanol–water partition coefficient (Wildman–Crippen LogP) is 0.907. The van der Waals surface area contributed by atoms with Crippen molar-refractivity contribution in [3.8, 4) is 0 Å². The first-order valence-corrected chi connectivity index (χ1v) is 6.43. The summed E-state index contributed by atoms with van der Waals surface area (Å²) >= 11 is 3.28. The molecule has 1 aromatic carbocycles. The summed E-state index contributed by atoms with van der Waals surface area (Å²) in [5, 5.41) is 11.0. The van der Waals surface area contributed by atoms with E-state index in [4.69, 9.17) is 10.8 Å². The highest BCUT2D eigenvalue weighted by molar-refractivity contribution is 9.10. The number of primary amides is 1. The van der Waals surface area contributed by atoms with Crippen molar-refractivity contribution >= 4 is 39.8 Å². The molecule has 4 N–H and O–H groups in total. The Morgan fingerprint density at radius 1 is 1.30 bits per heavy atom. The van der Waals surface area contributed by atoms with E-state index in [1.54, 1.807) is 12.1 Å². The number of carbonyl (C=O) groups excluding carboxylic acids is 2. The molecule has 0 saturated carbocycles. The van der Waals surface area contributed by atoms with Crippen LogP contribution in [0.25, 0.3) is 6.08 Å². The van der Waals surface area contributed by atoms with E-state index in [1.807, 2.05) is 12.1 Å². The number of amides is 2. The van der Waals surface area contributed by atoms with E-state index >= 15 is 0 Å². The van der Waals surface area contributed by atoms with Crippen molar-refractivity contribution in [1.82, 2.24) is 5.32 Å². The van der Waals surface area contributed by atoms with Crippen LogP contribution in [0, 0.1) is 0 Å². The molecule has 1 rings (SSSR count). The smallest absolute Gasteiger partial charge is 0.326 e. The Morgan fingerprint density at radius 3 is 2.40 bits per heavy atom. The quantitative estimate of drug-likeness (QED) is 0.668. The Balaban J connectivity index is 2.63. The Bertz CT molecular complexity index is 540. The second-order valence-electron chi connectivity index (χ2n) is 3.95. The lowest BCUT2D eigenvalue weighted by Crippen LogP contribution is -2.42. The van der Waals surface area contributed by atoms with Crippen LogP contribution >= 0.6 is 15.9 Å². The van der Waals surface area contributed by atoms with Gasteiger partial charge in [-0.05, 0) is 23.8 Å². The van der Waals surface area contributed by atoms with Crippen molar-refractivity contribution in [3.63, 3.8) is 0 Å². The van der Waals surface area contributed by atoms with Crippen LogP contribution in [0.2, 0.25) is 0 Å². The standard InChI is InChI=1S/C13H13BrN2O4/c14-9-4-1-8(2-5-9)3-6-12(18)16-10(13(19)20)7-11(15)17/h1-6,10H,7H2,(H2,15,17)(H,16,18)(H,19,20)/b6-3+. The second-order valence-corrected chi connectivity index (χ2v) is 4.87. The molecular formula is C13H13BrN2O4. The first-order chi connectivity index (χ1) is 9.38. The topological polar surface area (TPSA) is 109 Å². The van der Waals surface area contributed by atoms with E-state index in [0.29, 0.717) is 0 Å². The lowest BCUT2D eigenvalue weighted by Gasteiger charge is -2.10. The summed E-state index contributed by atoms with van der Waals surface area (Å²) in [5.41, 5.74) is 5.69. The lowest BCUT2D eigenvalue weighted by atomic mass is 10.2. The normalized spacial score (nSPS) is 12.1. The van der Waals surface area contributed by atoms with Gasteiger partial charge in [0.1, 0.15) is 6.04 Å². The van der Waals surface area contributed by atoms with Gasteiger partial charge in [0.2, 0.25) is 11.8 Å². The summed E-state index contributed by atoms with van der Waals surface area (Å²) in [6.45, 7) is 0. The molecule has 1 unspecified atom stereocenters. The fourth-order valence-corrected chi connectivity index (χ4v) is 1.63. The highest BCUT2D eigenvalue weighted by Crippen LogP contribution is 2.11. The molecule has 0 saturated heterocycles. The third kappa shape index (κ3) is 5.66. The maximum absolute atomic E-state index is 11.6. The average Bonchev–Trinajstić information content (AvgIpc) is 2.36. The number of hydrogen-bond donors (Lipinski definition) is 3. The highest BCUT2D eigenvalue weighted by Gasteiger charge is 2.20. The molecule has 2 amide bonds. The molecule has 0 aromatic heterocycles. The van der Waals surface area contributed by atoms with E-state index in [-0.39, 0.29) is 0 Å². The number of rotatable bonds is 6. The van der Waals surface area contributed by atoms with Crippen molar-refractivity contribution in [2.45, 2.75) is 12.5 Å². The van der Waals surface area contributed by atoms with E-state index in [1.165, 1.54) is 12.2 Å². The van der Waals surface area contributed by atoms with E-state index in [9.17, 15) is 14.4 Å². The zero-order valence-electron chi connectivity index (χ0n) is 10.4. The van der Waals surface area contributed by atoms with Crippen molar-refractivity contribution < 1.29 is 19.5 Å². The van der Waals surface area contributed by atoms with Gasteiger partial charge < -0.3 is 16.2 Å². The third-order valence-electron chi connectivity index (χ3n) is 2.32. The number of carbonyl (C=O) groups is 3. The third-order valence-corrected chi connectivity index (χ3v) is 2.85. The first kappa shape index (κ1) is 15.9. The number of aliphatic carboxylic acids is 1. The summed E-state index contributed by atoms with van der Waals surface area (Å²) < 4.78 is 0.909.